The van der Waals surface area contributed by atoms with Crippen LogP contribution in [0.25, 0.3) is 0 Å². The van der Waals surface area contributed by atoms with Gasteiger partial charge in [-0.15, -0.1) is 24.5 Å². The van der Waals surface area contributed by atoms with Gasteiger partial charge in [0.15, 0.2) is 5.13 Å². The summed E-state index contributed by atoms with van der Waals surface area (Å²) in [6.07, 6.45) is -4.74. The fourth-order valence-corrected chi connectivity index (χ4v) is 3.06. The van der Waals surface area contributed by atoms with Crippen LogP contribution in [-0.4, -0.2) is 17.3 Å². The minimum absolute atomic E-state index is 0.196. The Kier molecular flexibility index (Phi) is 5.76. The molecule has 3 rings (SSSR count). The smallest absolute Gasteiger partial charge is 0.406 e. The van der Waals surface area contributed by atoms with E-state index >= 15 is 0 Å². The fraction of sp³-hybridized carbons (Fsp3) is 0.111. The van der Waals surface area contributed by atoms with Crippen molar-refractivity contribution in [3.63, 3.8) is 0 Å². The summed E-state index contributed by atoms with van der Waals surface area (Å²) >= 11 is 7.22. The van der Waals surface area contributed by atoms with Gasteiger partial charge in [0, 0.05) is 21.8 Å². The first-order chi connectivity index (χ1) is 13.2. The maximum absolute atomic E-state index is 12.3. The van der Waals surface area contributed by atoms with E-state index in [1.54, 1.807) is 23.6 Å². The summed E-state index contributed by atoms with van der Waals surface area (Å²) < 4.78 is 40.3. The standard InChI is InChI=1S/C18H13ClF3N3O2S/c1-10-2-3-12(8-14(10)19)23-16(26)15-9-28-17(25-15)24-11-4-6-13(7-5-11)27-18(20,21)22/h2-9H,1H3,(H,23,26)(H,24,25). The number of nitrogens with one attached hydrogen (secondary N) is 2. The van der Waals surface area contributed by atoms with Gasteiger partial charge in [-0.25, -0.2) is 4.98 Å². The summed E-state index contributed by atoms with van der Waals surface area (Å²) in [5.74, 6) is -0.729. The third-order valence-electron chi connectivity index (χ3n) is 3.51. The van der Waals surface area contributed by atoms with Crippen LogP contribution in [0.4, 0.5) is 29.7 Å². The Morgan fingerprint density at radius 2 is 1.82 bits per heavy atom. The molecule has 0 saturated carbocycles. The van der Waals surface area contributed by atoms with Gasteiger partial charge in [-0.2, -0.15) is 0 Å². The molecule has 0 unspecified atom stereocenters. The number of ether oxygens (including phenoxy) is 1. The van der Waals surface area contributed by atoms with Gasteiger partial charge in [-0.1, -0.05) is 17.7 Å². The molecule has 0 aliphatic rings. The lowest BCUT2D eigenvalue weighted by Crippen LogP contribution is -2.16. The first-order valence-electron chi connectivity index (χ1n) is 7.85. The van der Waals surface area contributed by atoms with Gasteiger partial charge in [-0.05, 0) is 48.9 Å². The molecular formula is C18H13ClF3N3O2S. The Bertz CT molecular complexity index is 990. The van der Waals surface area contributed by atoms with Crippen molar-refractivity contribution in [1.29, 1.82) is 0 Å². The molecule has 0 aliphatic carbocycles. The minimum Gasteiger partial charge on any atom is -0.406 e. The fourth-order valence-electron chi connectivity index (χ4n) is 2.16. The van der Waals surface area contributed by atoms with Crippen LogP contribution in [0, 0.1) is 6.92 Å². The largest absolute Gasteiger partial charge is 0.573 e. The van der Waals surface area contributed by atoms with Crippen molar-refractivity contribution in [3.8, 4) is 5.75 Å². The average molecular weight is 428 g/mol. The zero-order valence-electron chi connectivity index (χ0n) is 14.3. The average Bonchev–Trinajstić information content (AvgIpc) is 3.07. The second kappa shape index (κ2) is 8.07. The molecule has 5 nitrogen and oxygen atoms in total. The molecule has 0 fully saturated rings. The van der Waals surface area contributed by atoms with E-state index in [-0.39, 0.29) is 11.4 Å². The number of aryl methyl sites for hydroxylation is 1. The number of carbonyl (C=O) groups is 1. The van der Waals surface area contributed by atoms with Crippen LogP contribution in [0.1, 0.15) is 16.1 Å². The van der Waals surface area contributed by atoms with Gasteiger partial charge in [-0.3, -0.25) is 4.79 Å². The molecule has 146 valence electrons. The molecule has 10 heteroatoms. The molecule has 28 heavy (non-hydrogen) atoms. The minimum atomic E-state index is -4.74. The zero-order chi connectivity index (χ0) is 20.3. The lowest BCUT2D eigenvalue weighted by Gasteiger charge is -2.09. The summed E-state index contributed by atoms with van der Waals surface area (Å²) in [5, 5.41) is 8.14. The van der Waals surface area contributed by atoms with Crippen LogP contribution in [0.3, 0.4) is 0 Å². The predicted octanol–water partition coefficient (Wildman–Crippen LogP) is 6.00. The molecule has 0 saturated heterocycles. The van der Waals surface area contributed by atoms with Gasteiger partial charge in [0.25, 0.3) is 5.91 Å². The lowest BCUT2D eigenvalue weighted by atomic mass is 10.2. The molecule has 0 spiro atoms. The summed E-state index contributed by atoms with van der Waals surface area (Å²) in [5.41, 5.74) is 2.14. The van der Waals surface area contributed by atoms with E-state index in [2.05, 4.69) is 20.4 Å². The quantitative estimate of drug-likeness (QED) is 0.524. The van der Waals surface area contributed by atoms with Gasteiger partial charge >= 0.3 is 6.36 Å². The highest BCUT2D eigenvalue weighted by Gasteiger charge is 2.30. The molecule has 0 bridgehead atoms. The highest BCUT2D eigenvalue weighted by molar-refractivity contribution is 7.14. The maximum atomic E-state index is 12.3. The van der Waals surface area contributed by atoms with Crippen LogP contribution < -0.4 is 15.4 Å². The van der Waals surface area contributed by atoms with E-state index in [0.717, 1.165) is 5.56 Å². The van der Waals surface area contributed by atoms with Crippen LogP contribution in [0.15, 0.2) is 47.8 Å². The number of carbonyl (C=O) groups excluding carboxylic acids is 1. The number of benzene rings is 2. The van der Waals surface area contributed by atoms with E-state index in [1.165, 1.54) is 35.6 Å². The van der Waals surface area contributed by atoms with Gasteiger partial charge in [0.1, 0.15) is 11.4 Å². The Morgan fingerprint density at radius 3 is 2.46 bits per heavy atom. The van der Waals surface area contributed by atoms with Crippen LogP contribution in [0.5, 0.6) is 5.75 Å². The third-order valence-corrected chi connectivity index (χ3v) is 4.67. The van der Waals surface area contributed by atoms with Crippen molar-refractivity contribution < 1.29 is 22.7 Å². The van der Waals surface area contributed by atoms with E-state index in [1.807, 2.05) is 6.92 Å². The normalized spacial score (nSPS) is 11.2. The van der Waals surface area contributed by atoms with E-state index in [9.17, 15) is 18.0 Å². The molecule has 1 amide bonds. The number of thiazole rings is 1. The van der Waals surface area contributed by atoms with Crippen molar-refractivity contribution >= 4 is 45.4 Å². The summed E-state index contributed by atoms with van der Waals surface area (Å²) in [4.78, 5) is 16.5. The number of alkyl halides is 3. The molecule has 2 aromatic carbocycles. The van der Waals surface area contributed by atoms with Crippen molar-refractivity contribution in [1.82, 2.24) is 4.98 Å². The summed E-state index contributed by atoms with van der Waals surface area (Å²) in [7, 11) is 0. The van der Waals surface area contributed by atoms with Gasteiger partial charge < -0.3 is 15.4 Å². The molecule has 1 aromatic heterocycles. The number of hydrogen-bond acceptors (Lipinski definition) is 5. The SMILES string of the molecule is Cc1ccc(NC(=O)c2csc(Nc3ccc(OC(F)(F)F)cc3)n2)cc1Cl. The molecule has 2 N–H and O–H groups in total. The van der Waals surface area contributed by atoms with Crippen molar-refractivity contribution in [3.05, 3.63) is 64.1 Å². The number of amides is 1. The monoisotopic (exact) mass is 427 g/mol. The first-order valence-corrected chi connectivity index (χ1v) is 9.11. The molecule has 0 atom stereocenters. The molecule has 0 radical (unpaired) electrons. The van der Waals surface area contributed by atoms with Crippen molar-refractivity contribution in [2.75, 3.05) is 10.6 Å². The highest BCUT2D eigenvalue weighted by atomic mass is 35.5. The van der Waals surface area contributed by atoms with E-state index < -0.39 is 12.3 Å². The molecular weight excluding hydrogens is 415 g/mol. The Hall–Kier alpha value is -2.78. The van der Waals surface area contributed by atoms with E-state index in [4.69, 9.17) is 11.6 Å². The number of halogens is 4. The number of nitrogens with zero attached hydrogens (tertiary/aromatic N) is 1. The first kappa shape index (κ1) is 20.0. The predicted molar refractivity (Wildman–Crippen MR) is 103 cm³/mol. The number of hydrogen-bond donors (Lipinski definition) is 2. The molecule has 3 aromatic rings. The Labute approximate surface area is 167 Å². The van der Waals surface area contributed by atoms with Gasteiger partial charge in [0.2, 0.25) is 0 Å². The molecule has 1 heterocycles. The second-order valence-corrected chi connectivity index (χ2v) is 6.92. The summed E-state index contributed by atoms with van der Waals surface area (Å²) in [6.45, 7) is 1.86. The Balaban J connectivity index is 1.63. The van der Waals surface area contributed by atoms with Crippen LogP contribution >= 0.6 is 22.9 Å². The summed E-state index contributed by atoms with van der Waals surface area (Å²) in [6, 6.07) is 10.3. The number of anilines is 3. The van der Waals surface area contributed by atoms with Crippen molar-refractivity contribution in [2.45, 2.75) is 13.3 Å². The second-order valence-electron chi connectivity index (χ2n) is 5.65. The maximum Gasteiger partial charge on any atom is 0.573 e. The zero-order valence-corrected chi connectivity index (χ0v) is 15.9. The number of rotatable bonds is 5. The highest BCUT2D eigenvalue weighted by Crippen LogP contribution is 2.27. The molecule has 0 aliphatic heterocycles. The van der Waals surface area contributed by atoms with Crippen molar-refractivity contribution in [2.24, 2.45) is 0 Å². The van der Waals surface area contributed by atoms with E-state index in [0.29, 0.717) is 21.5 Å². The van der Waals surface area contributed by atoms with Crippen LogP contribution in [0.2, 0.25) is 5.02 Å². The topological polar surface area (TPSA) is 63.2 Å². The number of aromatic nitrogens is 1. The third kappa shape index (κ3) is 5.37. The van der Waals surface area contributed by atoms with Gasteiger partial charge in [0.05, 0.1) is 0 Å². The van der Waals surface area contributed by atoms with Crippen LogP contribution in [-0.2, 0) is 0 Å². The lowest BCUT2D eigenvalue weighted by molar-refractivity contribution is -0.274. The Morgan fingerprint density at radius 1 is 1.14 bits per heavy atom.